The smallest absolute Gasteiger partial charge is 0.171 e. The number of fused-ring (bicyclic) bond motifs is 1. The van der Waals surface area contributed by atoms with Gasteiger partial charge < -0.3 is 9.64 Å². The fourth-order valence-electron chi connectivity index (χ4n) is 1.58. The van der Waals surface area contributed by atoms with E-state index in [1.54, 1.807) is 6.20 Å². The molecule has 0 saturated carbocycles. The molecule has 0 aromatic carbocycles. The van der Waals surface area contributed by atoms with Gasteiger partial charge in [0.2, 0.25) is 0 Å². The molecule has 0 saturated heterocycles. The molecule has 0 bridgehead atoms. The van der Waals surface area contributed by atoms with Crippen LogP contribution in [-0.2, 0) is 4.79 Å². The molecule has 1 aliphatic rings. The van der Waals surface area contributed by atoms with Crippen molar-refractivity contribution < 1.29 is 9.53 Å². The summed E-state index contributed by atoms with van der Waals surface area (Å²) in [7, 11) is 0. The Morgan fingerprint density at radius 3 is 3.33 bits per heavy atom. The lowest BCUT2D eigenvalue weighted by molar-refractivity contribution is -0.117. The largest absolute Gasteiger partial charge is 0.488 e. The molecule has 15 heavy (non-hydrogen) atoms. The number of Topliss-reactive ketones (excluding diaryl/α,β-unsaturated/α-hetero) is 1. The summed E-state index contributed by atoms with van der Waals surface area (Å²) in [6, 6.07) is 3.72. The van der Waals surface area contributed by atoms with Crippen molar-refractivity contribution in [2.24, 2.45) is 0 Å². The number of anilines is 1. The topological polar surface area (TPSA) is 42.4 Å². The van der Waals surface area contributed by atoms with Crippen molar-refractivity contribution in [3.8, 4) is 5.75 Å². The molecule has 1 aliphatic heterocycles. The van der Waals surface area contributed by atoms with E-state index in [-0.39, 0.29) is 5.78 Å². The number of ether oxygens (including phenoxy) is 1. The molecule has 2 heterocycles. The Kier molecular flexibility index (Phi) is 2.85. The second-order valence-corrected chi connectivity index (χ2v) is 3.49. The van der Waals surface area contributed by atoms with E-state index in [4.69, 9.17) is 4.74 Å². The highest BCUT2D eigenvalue weighted by molar-refractivity contribution is 5.83. The number of pyridine rings is 1. The van der Waals surface area contributed by atoms with Crippen LogP contribution in [0.1, 0.15) is 13.3 Å². The minimum Gasteiger partial charge on any atom is -0.488 e. The summed E-state index contributed by atoms with van der Waals surface area (Å²) in [5.74, 6) is 1.78. The number of hydrogen-bond donors (Lipinski definition) is 0. The predicted molar refractivity (Wildman–Crippen MR) is 57.2 cm³/mol. The van der Waals surface area contributed by atoms with Crippen molar-refractivity contribution in [1.29, 1.82) is 0 Å². The van der Waals surface area contributed by atoms with Crippen molar-refractivity contribution in [1.82, 2.24) is 4.98 Å². The van der Waals surface area contributed by atoms with Gasteiger partial charge in [-0.05, 0) is 12.1 Å². The summed E-state index contributed by atoms with van der Waals surface area (Å²) in [5.41, 5.74) is 0. The minimum atomic E-state index is 0.230. The highest BCUT2D eigenvalue weighted by atomic mass is 16.5. The molecule has 2 rings (SSSR count). The lowest BCUT2D eigenvalue weighted by atomic mass is 10.2. The van der Waals surface area contributed by atoms with E-state index in [1.807, 2.05) is 24.0 Å². The Bertz CT molecular complexity index is 365. The van der Waals surface area contributed by atoms with Crippen LogP contribution in [0.25, 0.3) is 0 Å². The molecule has 1 aromatic heterocycles. The number of ketones is 1. The molecule has 0 N–H and O–H groups in total. The molecular weight excluding hydrogens is 192 g/mol. The lowest BCUT2D eigenvalue weighted by Gasteiger charge is -2.29. The maximum absolute atomic E-state index is 11.4. The van der Waals surface area contributed by atoms with Gasteiger partial charge in [-0.2, -0.15) is 0 Å². The molecule has 4 nitrogen and oxygen atoms in total. The van der Waals surface area contributed by atoms with Gasteiger partial charge in [0.05, 0.1) is 13.1 Å². The summed E-state index contributed by atoms with van der Waals surface area (Å²) in [4.78, 5) is 17.6. The highest BCUT2D eigenvalue weighted by Crippen LogP contribution is 2.27. The van der Waals surface area contributed by atoms with E-state index in [0.29, 0.717) is 19.6 Å². The van der Waals surface area contributed by atoms with E-state index >= 15 is 0 Å². The summed E-state index contributed by atoms with van der Waals surface area (Å²) in [6.07, 6.45) is 2.29. The first-order valence-corrected chi connectivity index (χ1v) is 5.15. The van der Waals surface area contributed by atoms with Crippen LogP contribution in [-0.4, -0.2) is 30.5 Å². The van der Waals surface area contributed by atoms with E-state index in [1.165, 1.54) is 0 Å². The number of carbonyl (C=O) groups is 1. The molecule has 0 radical (unpaired) electrons. The van der Waals surface area contributed by atoms with Crippen LogP contribution in [0.3, 0.4) is 0 Å². The standard InChI is InChI=1S/C11H14N2O2/c1-2-9(14)8-13-6-7-15-10-4-3-5-12-11(10)13/h3-5H,2,6-8H2,1H3. The summed E-state index contributed by atoms with van der Waals surface area (Å²) >= 11 is 0. The summed E-state index contributed by atoms with van der Waals surface area (Å²) in [6.45, 7) is 3.66. The highest BCUT2D eigenvalue weighted by Gasteiger charge is 2.20. The SMILES string of the molecule is CCC(=O)CN1CCOc2cccnc21. The first-order valence-electron chi connectivity index (χ1n) is 5.15. The van der Waals surface area contributed by atoms with Crippen molar-refractivity contribution in [2.75, 3.05) is 24.6 Å². The zero-order valence-electron chi connectivity index (χ0n) is 8.77. The molecule has 0 fully saturated rings. The van der Waals surface area contributed by atoms with Crippen LogP contribution >= 0.6 is 0 Å². The van der Waals surface area contributed by atoms with Crippen molar-refractivity contribution in [3.63, 3.8) is 0 Å². The monoisotopic (exact) mass is 206 g/mol. The number of aromatic nitrogens is 1. The van der Waals surface area contributed by atoms with Gasteiger partial charge in [0, 0.05) is 12.6 Å². The third-order valence-corrected chi connectivity index (χ3v) is 2.43. The first-order chi connectivity index (χ1) is 7.31. The van der Waals surface area contributed by atoms with Crippen LogP contribution in [0, 0.1) is 0 Å². The van der Waals surface area contributed by atoms with Crippen LogP contribution in [0.15, 0.2) is 18.3 Å². The van der Waals surface area contributed by atoms with Crippen molar-refractivity contribution >= 4 is 11.6 Å². The molecule has 0 amide bonds. The number of carbonyl (C=O) groups excluding carboxylic acids is 1. The Morgan fingerprint density at radius 1 is 1.67 bits per heavy atom. The fraction of sp³-hybridized carbons (Fsp3) is 0.455. The molecule has 0 unspecified atom stereocenters. The summed E-state index contributed by atoms with van der Waals surface area (Å²) in [5, 5.41) is 0. The quantitative estimate of drug-likeness (QED) is 0.746. The van der Waals surface area contributed by atoms with Gasteiger partial charge in [-0.3, -0.25) is 4.79 Å². The third-order valence-electron chi connectivity index (χ3n) is 2.43. The van der Waals surface area contributed by atoms with E-state index in [0.717, 1.165) is 18.1 Å². The van der Waals surface area contributed by atoms with Crippen LogP contribution in [0.4, 0.5) is 5.82 Å². The molecule has 1 aromatic rings. The molecule has 4 heteroatoms. The Morgan fingerprint density at radius 2 is 2.53 bits per heavy atom. The second kappa shape index (κ2) is 4.29. The van der Waals surface area contributed by atoms with E-state index in [2.05, 4.69) is 4.98 Å². The second-order valence-electron chi connectivity index (χ2n) is 3.49. The summed E-state index contributed by atoms with van der Waals surface area (Å²) < 4.78 is 5.45. The minimum absolute atomic E-state index is 0.230. The first kappa shape index (κ1) is 9.96. The Hall–Kier alpha value is -1.58. The van der Waals surface area contributed by atoms with Gasteiger partial charge in [-0.15, -0.1) is 0 Å². The van der Waals surface area contributed by atoms with Gasteiger partial charge in [-0.1, -0.05) is 6.92 Å². The average Bonchev–Trinajstić information content (AvgIpc) is 2.29. The molecule has 0 atom stereocenters. The molecule has 0 aliphatic carbocycles. The molecular formula is C11H14N2O2. The number of hydrogen-bond acceptors (Lipinski definition) is 4. The fourth-order valence-corrected chi connectivity index (χ4v) is 1.58. The van der Waals surface area contributed by atoms with Gasteiger partial charge in [0.15, 0.2) is 17.4 Å². The van der Waals surface area contributed by atoms with Crippen LogP contribution < -0.4 is 9.64 Å². The van der Waals surface area contributed by atoms with Gasteiger partial charge >= 0.3 is 0 Å². The van der Waals surface area contributed by atoms with E-state index in [9.17, 15) is 4.79 Å². The molecule has 80 valence electrons. The molecule has 0 spiro atoms. The maximum atomic E-state index is 11.4. The van der Waals surface area contributed by atoms with Crippen LogP contribution in [0.5, 0.6) is 5.75 Å². The van der Waals surface area contributed by atoms with Gasteiger partial charge in [0.1, 0.15) is 6.61 Å². The van der Waals surface area contributed by atoms with Crippen LogP contribution in [0.2, 0.25) is 0 Å². The predicted octanol–water partition coefficient (Wildman–Crippen LogP) is 1.26. The van der Waals surface area contributed by atoms with Gasteiger partial charge in [-0.25, -0.2) is 4.98 Å². The third kappa shape index (κ3) is 2.09. The van der Waals surface area contributed by atoms with E-state index < -0.39 is 0 Å². The van der Waals surface area contributed by atoms with Crippen molar-refractivity contribution in [3.05, 3.63) is 18.3 Å². The van der Waals surface area contributed by atoms with Gasteiger partial charge in [0.25, 0.3) is 0 Å². The Balaban J connectivity index is 2.18. The number of nitrogens with zero attached hydrogens (tertiary/aromatic N) is 2. The number of rotatable bonds is 3. The maximum Gasteiger partial charge on any atom is 0.171 e. The zero-order valence-corrected chi connectivity index (χ0v) is 8.77. The lowest BCUT2D eigenvalue weighted by Crippen LogP contribution is -2.37. The zero-order chi connectivity index (χ0) is 10.7. The van der Waals surface area contributed by atoms with Crippen molar-refractivity contribution in [2.45, 2.75) is 13.3 Å². The average molecular weight is 206 g/mol. The normalized spacial score (nSPS) is 14.3. The Labute approximate surface area is 88.9 Å².